The van der Waals surface area contributed by atoms with E-state index >= 15 is 0 Å². The third-order valence-electron chi connectivity index (χ3n) is 3.09. The maximum Gasteiger partial charge on any atom is 0.267 e. The fourth-order valence-corrected chi connectivity index (χ4v) is 1.90. The van der Waals surface area contributed by atoms with Gasteiger partial charge in [0, 0.05) is 5.56 Å². The number of anilines is 1. The molecular weight excluding hydrogens is 280 g/mol. The van der Waals surface area contributed by atoms with Crippen LogP contribution in [0.1, 0.15) is 30.8 Å². The summed E-state index contributed by atoms with van der Waals surface area (Å²) in [5, 5.41) is 0. The number of carbonyl (C=O) groups is 1. The molecular formula is C16H20N4O2. The van der Waals surface area contributed by atoms with Crippen molar-refractivity contribution in [3.8, 4) is 17.0 Å². The Bertz CT molecular complexity index is 671. The van der Waals surface area contributed by atoms with Crippen molar-refractivity contribution >= 4 is 11.9 Å². The van der Waals surface area contributed by atoms with E-state index in [2.05, 4.69) is 23.8 Å². The van der Waals surface area contributed by atoms with Gasteiger partial charge in [0.25, 0.3) is 5.91 Å². The normalized spacial score (nSPS) is 10.7. The van der Waals surface area contributed by atoms with E-state index in [1.165, 1.54) is 6.07 Å². The van der Waals surface area contributed by atoms with Gasteiger partial charge in [-0.05, 0) is 30.5 Å². The van der Waals surface area contributed by atoms with E-state index in [1.807, 2.05) is 24.3 Å². The first-order chi connectivity index (χ1) is 10.5. The molecule has 1 amide bonds. The highest BCUT2D eigenvalue weighted by Crippen LogP contribution is 2.23. The van der Waals surface area contributed by atoms with Gasteiger partial charge >= 0.3 is 0 Å². The van der Waals surface area contributed by atoms with E-state index in [-0.39, 0.29) is 11.6 Å². The van der Waals surface area contributed by atoms with Crippen LogP contribution in [0, 0.1) is 5.92 Å². The Hall–Kier alpha value is -2.63. The average Bonchev–Trinajstić information content (AvgIpc) is 2.46. The van der Waals surface area contributed by atoms with Crippen molar-refractivity contribution in [3.05, 3.63) is 36.0 Å². The lowest BCUT2D eigenvalue weighted by atomic mass is 10.1. The second-order valence-corrected chi connectivity index (χ2v) is 5.42. The number of hydrogen-bond donors (Lipinski definition) is 2. The summed E-state index contributed by atoms with van der Waals surface area (Å²) in [4.78, 5) is 19.2. The number of rotatable bonds is 6. The topological polar surface area (TPSA) is 104 Å². The summed E-state index contributed by atoms with van der Waals surface area (Å²) in [6.45, 7) is 4.95. The second kappa shape index (κ2) is 6.89. The quantitative estimate of drug-likeness (QED) is 0.851. The zero-order chi connectivity index (χ0) is 16.1. The van der Waals surface area contributed by atoms with Crippen LogP contribution < -0.4 is 16.2 Å². The molecule has 6 heteroatoms. The van der Waals surface area contributed by atoms with Crippen molar-refractivity contribution in [2.24, 2.45) is 11.7 Å². The fraction of sp³-hybridized carbons (Fsp3) is 0.312. The van der Waals surface area contributed by atoms with Crippen LogP contribution in [0.3, 0.4) is 0 Å². The molecule has 0 aliphatic carbocycles. The number of nitrogens with two attached hydrogens (primary N) is 2. The first-order valence-electron chi connectivity index (χ1n) is 7.13. The summed E-state index contributed by atoms with van der Waals surface area (Å²) in [6.07, 6.45) is 0.983. The minimum absolute atomic E-state index is 0.0115. The molecule has 6 nitrogen and oxygen atoms in total. The number of carbonyl (C=O) groups excluding carboxylic acids is 1. The third kappa shape index (κ3) is 4.18. The van der Waals surface area contributed by atoms with Crippen LogP contribution in [0.5, 0.6) is 5.75 Å². The zero-order valence-electron chi connectivity index (χ0n) is 12.7. The van der Waals surface area contributed by atoms with E-state index in [9.17, 15) is 4.79 Å². The lowest BCUT2D eigenvalue weighted by molar-refractivity contribution is 0.0995. The third-order valence-corrected chi connectivity index (χ3v) is 3.09. The van der Waals surface area contributed by atoms with E-state index < -0.39 is 5.91 Å². The minimum atomic E-state index is -0.639. The van der Waals surface area contributed by atoms with Crippen LogP contribution in [0.25, 0.3) is 11.3 Å². The van der Waals surface area contributed by atoms with E-state index in [4.69, 9.17) is 16.2 Å². The van der Waals surface area contributed by atoms with Gasteiger partial charge in [0.05, 0.1) is 12.3 Å². The number of nitrogen functional groups attached to an aromatic ring is 1. The van der Waals surface area contributed by atoms with Crippen LogP contribution in [0.4, 0.5) is 5.95 Å². The van der Waals surface area contributed by atoms with Gasteiger partial charge in [-0.2, -0.15) is 0 Å². The number of aromatic nitrogens is 2. The predicted octanol–water partition coefficient (Wildman–Crippen LogP) is 2.25. The first-order valence-corrected chi connectivity index (χ1v) is 7.13. The summed E-state index contributed by atoms with van der Waals surface area (Å²) in [5.74, 6) is 0.705. The minimum Gasteiger partial charge on any atom is -0.494 e. The van der Waals surface area contributed by atoms with Crippen LogP contribution in [-0.4, -0.2) is 22.5 Å². The summed E-state index contributed by atoms with van der Waals surface area (Å²) in [7, 11) is 0. The second-order valence-electron chi connectivity index (χ2n) is 5.42. The van der Waals surface area contributed by atoms with Gasteiger partial charge in [0.2, 0.25) is 5.95 Å². The van der Waals surface area contributed by atoms with Crippen molar-refractivity contribution < 1.29 is 9.53 Å². The molecule has 0 bridgehead atoms. The highest BCUT2D eigenvalue weighted by Gasteiger charge is 2.09. The number of benzene rings is 1. The first kappa shape index (κ1) is 15.8. The molecule has 0 spiro atoms. The van der Waals surface area contributed by atoms with Crippen LogP contribution in [-0.2, 0) is 0 Å². The molecule has 4 N–H and O–H groups in total. The summed E-state index contributed by atoms with van der Waals surface area (Å²) in [6, 6.07) is 8.98. The summed E-state index contributed by atoms with van der Waals surface area (Å²) < 4.78 is 5.72. The molecule has 0 aliphatic rings. The van der Waals surface area contributed by atoms with Crippen LogP contribution in [0.15, 0.2) is 30.3 Å². The molecule has 22 heavy (non-hydrogen) atoms. The SMILES string of the molecule is CC(C)CCOc1cccc(-c2cc(C(N)=O)nc(N)n2)c1. The maximum absolute atomic E-state index is 11.3. The number of primary amides is 1. The Labute approximate surface area is 129 Å². The molecule has 0 radical (unpaired) electrons. The van der Waals surface area contributed by atoms with Gasteiger partial charge in [-0.25, -0.2) is 9.97 Å². The summed E-state index contributed by atoms with van der Waals surface area (Å²) in [5.41, 5.74) is 12.3. The standard InChI is InChI=1S/C16H20N4O2/c1-10(2)6-7-22-12-5-3-4-11(8-12)13-9-14(15(17)21)20-16(18)19-13/h3-5,8-10H,6-7H2,1-2H3,(H2,17,21)(H2,18,19,20). The predicted molar refractivity (Wildman–Crippen MR) is 85.3 cm³/mol. The Morgan fingerprint density at radius 3 is 2.73 bits per heavy atom. The molecule has 0 fully saturated rings. The smallest absolute Gasteiger partial charge is 0.267 e. The van der Waals surface area contributed by atoms with Gasteiger partial charge in [0.15, 0.2) is 0 Å². The van der Waals surface area contributed by atoms with Gasteiger partial charge < -0.3 is 16.2 Å². The average molecular weight is 300 g/mol. The number of hydrogen-bond acceptors (Lipinski definition) is 5. The Morgan fingerprint density at radius 1 is 1.27 bits per heavy atom. The summed E-state index contributed by atoms with van der Waals surface area (Å²) >= 11 is 0. The van der Waals surface area contributed by atoms with Crippen molar-refractivity contribution in [1.82, 2.24) is 9.97 Å². The Morgan fingerprint density at radius 2 is 2.05 bits per heavy atom. The van der Waals surface area contributed by atoms with E-state index in [0.717, 1.165) is 17.7 Å². The molecule has 0 saturated heterocycles. The molecule has 0 aliphatic heterocycles. The monoisotopic (exact) mass is 300 g/mol. The van der Waals surface area contributed by atoms with Crippen molar-refractivity contribution in [1.29, 1.82) is 0 Å². The highest BCUT2D eigenvalue weighted by molar-refractivity contribution is 5.92. The van der Waals surface area contributed by atoms with Crippen LogP contribution >= 0.6 is 0 Å². The molecule has 0 saturated carbocycles. The van der Waals surface area contributed by atoms with E-state index in [1.54, 1.807) is 0 Å². The van der Waals surface area contributed by atoms with E-state index in [0.29, 0.717) is 18.2 Å². The Kier molecular flexibility index (Phi) is 4.93. The van der Waals surface area contributed by atoms with Crippen molar-refractivity contribution in [3.63, 3.8) is 0 Å². The molecule has 0 unspecified atom stereocenters. The zero-order valence-corrected chi connectivity index (χ0v) is 12.7. The van der Waals surface area contributed by atoms with Crippen LogP contribution in [0.2, 0.25) is 0 Å². The molecule has 1 aromatic heterocycles. The molecule has 1 aromatic carbocycles. The number of nitrogens with zero attached hydrogens (tertiary/aromatic N) is 2. The highest BCUT2D eigenvalue weighted by atomic mass is 16.5. The molecule has 1 heterocycles. The van der Waals surface area contributed by atoms with Gasteiger partial charge in [-0.1, -0.05) is 26.0 Å². The fourth-order valence-electron chi connectivity index (χ4n) is 1.90. The molecule has 2 aromatic rings. The lowest BCUT2D eigenvalue weighted by Crippen LogP contribution is -2.15. The van der Waals surface area contributed by atoms with Crippen molar-refractivity contribution in [2.45, 2.75) is 20.3 Å². The van der Waals surface area contributed by atoms with Crippen molar-refractivity contribution in [2.75, 3.05) is 12.3 Å². The lowest BCUT2D eigenvalue weighted by Gasteiger charge is -2.10. The van der Waals surface area contributed by atoms with Gasteiger partial charge in [-0.15, -0.1) is 0 Å². The van der Waals surface area contributed by atoms with Gasteiger partial charge in [-0.3, -0.25) is 4.79 Å². The molecule has 0 atom stereocenters. The molecule has 2 rings (SSSR count). The number of ether oxygens (including phenoxy) is 1. The Balaban J connectivity index is 2.24. The maximum atomic E-state index is 11.3. The number of amides is 1. The largest absolute Gasteiger partial charge is 0.494 e. The van der Waals surface area contributed by atoms with Gasteiger partial charge in [0.1, 0.15) is 11.4 Å². The molecule has 116 valence electrons.